The van der Waals surface area contributed by atoms with Crippen molar-refractivity contribution in [3.8, 4) is 11.8 Å². The third-order valence-electron chi connectivity index (χ3n) is 2.85. The molecule has 0 saturated carbocycles. The van der Waals surface area contributed by atoms with Gasteiger partial charge in [0, 0.05) is 23.8 Å². The quantitative estimate of drug-likeness (QED) is 0.788. The smallest absolute Gasteiger partial charge is 0.121 e. The normalized spacial score (nSPS) is 18.8. The summed E-state index contributed by atoms with van der Waals surface area (Å²) < 4.78 is 5.22. The van der Waals surface area contributed by atoms with Crippen LogP contribution in [-0.2, 0) is 0 Å². The van der Waals surface area contributed by atoms with Crippen LogP contribution in [0.15, 0.2) is 23.1 Å². The predicted molar refractivity (Wildman–Crippen MR) is 66.1 cm³/mol. The average molecular weight is 234 g/mol. The van der Waals surface area contributed by atoms with Gasteiger partial charge >= 0.3 is 0 Å². The second-order valence-corrected chi connectivity index (χ2v) is 4.83. The Morgan fingerprint density at radius 1 is 1.62 bits per heavy atom. The molecule has 0 N–H and O–H groups in total. The molecule has 2 rings (SSSR count). The van der Waals surface area contributed by atoms with Crippen molar-refractivity contribution in [3.05, 3.63) is 18.2 Å². The maximum atomic E-state index is 8.77. The van der Waals surface area contributed by atoms with Gasteiger partial charge in [0.2, 0.25) is 0 Å². The number of methoxy groups -OCH3 is 1. The van der Waals surface area contributed by atoms with E-state index in [-0.39, 0.29) is 0 Å². The molecule has 84 valence electrons. The molecule has 0 bridgehead atoms. The van der Waals surface area contributed by atoms with Crippen molar-refractivity contribution in [3.63, 3.8) is 0 Å². The summed E-state index contributed by atoms with van der Waals surface area (Å²) in [5.74, 6) is 1.84. The second kappa shape index (κ2) is 4.67. The lowest BCUT2D eigenvalue weighted by molar-refractivity contribution is 0.414. The summed E-state index contributed by atoms with van der Waals surface area (Å²) in [5.41, 5.74) is 1.16. The molecule has 0 aromatic heterocycles. The van der Waals surface area contributed by atoms with Crippen molar-refractivity contribution in [1.82, 2.24) is 0 Å². The zero-order valence-corrected chi connectivity index (χ0v) is 10.3. The van der Waals surface area contributed by atoms with Gasteiger partial charge in [-0.2, -0.15) is 5.26 Å². The largest absolute Gasteiger partial charge is 0.497 e. The molecule has 0 fully saturated rings. The van der Waals surface area contributed by atoms with E-state index in [4.69, 9.17) is 10.00 Å². The van der Waals surface area contributed by atoms with Crippen LogP contribution in [0.3, 0.4) is 0 Å². The van der Waals surface area contributed by atoms with E-state index in [1.54, 1.807) is 7.11 Å². The molecule has 1 aromatic rings. The molecule has 1 aliphatic heterocycles. The van der Waals surface area contributed by atoms with Crippen molar-refractivity contribution in [2.24, 2.45) is 0 Å². The highest BCUT2D eigenvalue weighted by Crippen LogP contribution is 2.39. The third kappa shape index (κ3) is 1.96. The number of nitriles is 1. The summed E-state index contributed by atoms with van der Waals surface area (Å²) in [7, 11) is 3.71. The molecule has 16 heavy (non-hydrogen) atoms. The number of thioether (sulfide) groups is 1. The van der Waals surface area contributed by atoms with E-state index in [1.165, 1.54) is 4.90 Å². The van der Waals surface area contributed by atoms with Crippen LogP contribution in [0.4, 0.5) is 5.69 Å². The Morgan fingerprint density at radius 2 is 2.44 bits per heavy atom. The Morgan fingerprint density at radius 3 is 3.12 bits per heavy atom. The Bertz CT molecular complexity index is 428. The summed E-state index contributed by atoms with van der Waals surface area (Å²) in [4.78, 5) is 3.44. The van der Waals surface area contributed by atoms with Crippen molar-refractivity contribution >= 4 is 17.4 Å². The third-order valence-corrected chi connectivity index (χ3v) is 4.06. The van der Waals surface area contributed by atoms with Crippen LogP contribution in [0.2, 0.25) is 0 Å². The van der Waals surface area contributed by atoms with Gasteiger partial charge in [0.25, 0.3) is 0 Å². The van der Waals surface area contributed by atoms with E-state index in [0.29, 0.717) is 12.5 Å². The van der Waals surface area contributed by atoms with Gasteiger partial charge in [-0.15, -0.1) is 11.8 Å². The van der Waals surface area contributed by atoms with Crippen LogP contribution in [0.1, 0.15) is 6.42 Å². The fourth-order valence-corrected chi connectivity index (χ4v) is 3.05. The highest BCUT2D eigenvalue weighted by molar-refractivity contribution is 7.99. The number of nitrogens with zero attached hydrogens (tertiary/aromatic N) is 2. The Balaban J connectivity index is 2.31. The fraction of sp³-hybridized carbons (Fsp3) is 0.417. The van der Waals surface area contributed by atoms with E-state index < -0.39 is 0 Å². The number of ether oxygens (including phenoxy) is 1. The van der Waals surface area contributed by atoms with Crippen molar-refractivity contribution in [1.29, 1.82) is 5.26 Å². The first-order chi connectivity index (χ1) is 7.76. The van der Waals surface area contributed by atoms with Gasteiger partial charge in [0.1, 0.15) is 5.75 Å². The summed E-state index contributed by atoms with van der Waals surface area (Å²) in [6, 6.07) is 8.63. The average Bonchev–Trinajstić information content (AvgIpc) is 2.33. The molecule has 4 heteroatoms. The molecule has 1 unspecified atom stereocenters. The molecule has 0 radical (unpaired) electrons. The fourth-order valence-electron chi connectivity index (χ4n) is 1.82. The van der Waals surface area contributed by atoms with Crippen LogP contribution in [0.5, 0.6) is 5.75 Å². The van der Waals surface area contributed by atoms with Crippen LogP contribution in [-0.4, -0.2) is 26.0 Å². The zero-order valence-electron chi connectivity index (χ0n) is 9.43. The van der Waals surface area contributed by atoms with E-state index in [2.05, 4.69) is 17.0 Å². The van der Waals surface area contributed by atoms with Gasteiger partial charge in [-0.1, -0.05) is 0 Å². The Kier molecular flexibility index (Phi) is 3.25. The maximum absolute atomic E-state index is 8.77. The summed E-state index contributed by atoms with van der Waals surface area (Å²) >= 11 is 1.81. The summed E-state index contributed by atoms with van der Waals surface area (Å²) in [6.07, 6.45) is 0.570. The second-order valence-electron chi connectivity index (χ2n) is 3.77. The van der Waals surface area contributed by atoms with E-state index in [0.717, 1.165) is 17.2 Å². The topological polar surface area (TPSA) is 36.3 Å². The number of anilines is 1. The molecule has 0 saturated heterocycles. The highest BCUT2D eigenvalue weighted by Gasteiger charge is 2.23. The summed E-state index contributed by atoms with van der Waals surface area (Å²) in [6.45, 7) is 0. The minimum Gasteiger partial charge on any atom is -0.497 e. The Labute approximate surface area is 100 Å². The van der Waals surface area contributed by atoms with Gasteiger partial charge in [0.05, 0.1) is 31.3 Å². The van der Waals surface area contributed by atoms with E-state index in [9.17, 15) is 0 Å². The number of fused-ring (bicyclic) bond motifs is 1. The summed E-state index contributed by atoms with van der Waals surface area (Å²) in [5, 5.41) is 8.77. The zero-order chi connectivity index (χ0) is 11.5. The molecule has 0 spiro atoms. The van der Waals surface area contributed by atoms with Crippen molar-refractivity contribution < 1.29 is 4.74 Å². The van der Waals surface area contributed by atoms with Gasteiger partial charge < -0.3 is 9.64 Å². The highest BCUT2D eigenvalue weighted by atomic mass is 32.2. The van der Waals surface area contributed by atoms with Gasteiger partial charge in [-0.3, -0.25) is 0 Å². The minimum absolute atomic E-state index is 0.301. The van der Waals surface area contributed by atoms with Gasteiger partial charge in [-0.05, 0) is 12.1 Å². The lowest BCUT2D eigenvalue weighted by Gasteiger charge is -2.34. The standard InChI is InChI=1S/C12H14N2OS/c1-14-9(5-6-13)8-16-12-4-3-10(15-2)7-11(12)14/h3-4,7,9H,5,8H2,1-2H3. The van der Waals surface area contributed by atoms with Crippen LogP contribution < -0.4 is 9.64 Å². The maximum Gasteiger partial charge on any atom is 0.121 e. The van der Waals surface area contributed by atoms with Crippen LogP contribution in [0, 0.1) is 11.3 Å². The Hall–Kier alpha value is -1.34. The van der Waals surface area contributed by atoms with Gasteiger partial charge in [0.15, 0.2) is 0 Å². The number of benzene rings is 1. The lowest BCUT2D eigenvalue weighted by Crippen LogP contribution is -2.36. The molecular weight excluding hydrogens is 220 g/mol. The number of hydrogen-bond donors (Lipinski definition) is 0. The van der Waals surface area contributed by atoms with E-state index in [1.807, 2.05) is 30.9 Å². The molecule has 3 nitrogen and oxygen atoms in total. The molecule has 1 atom stereocenters. The van der Waals surface area contributed by atoms with Crippen molar-refractivity contribution in [2.45, 2.75) is 17.4 Å². The first kappa shape index (κ1) is 11.2. The molecular formula is C12H14N2OS. The first-order valence-electron chi connectivity index (χ1n) is 5.17. The SMILES string of the molecule is COc1ccc2c(c1)N(C)C(CC#N)CS2. The molecule has 0 amide bonds. The van der Waals surface area contributed by atoms with Crippen LogP contribution >= 0.6 is 11.8 Å². The number of hydrogen-bond acceptors (Lipinski definition) is 4. The van der Waals surface area contributed by atoms with Gasteiger partial charge in [-0.25, -0.2) is 0 Å². The minimum atomic E-state index is 0.301. The van der Waals surface area contributed by atoms with E-state index >= 15 is 0 Å². The van der Waals surface area contributed by atoms with Crippen molar-refractivity contribution in [2.75, 3.05) is 24.8 Å². The monoisotopic (exact) mass is 234 g/mol. The first-order valence-corrected chi connectivity index (χ1v) is 6.15. The molecule has 0 aliphatic carbocycles. The molecule has 1 aromatic carbocycles. The number of rotatable bonds is 2. The lowest BCUT2D eigenvalue weighted by atomic mass is 10.2. The van der Waals surface area contributed by atoms with Crippen LogP contribution in [0.25, 0.3) is 0 Å². The molecule has 1 aliphatic rings. The molecule has 1 heterocycles. The predicted octanol–water partition coefficient (Wildman–Crippen LogP) is 2.52.